The van der Waals surface area contributed by atoms with Crippen molar-refractivity contribution in [2.45, 2.75) is 25.8 Å². The average molecular weight is 249 g/mol. The van der Waals surface area contributed by atoms with Crippen LogP contribution >= 0.6 is 11.3 Å². The van der Waals surface area contributed by atoms with Gasteiger partial charge in [0.1, 0.15) is 5.82 Å². The second-order valence-corrected chi connectivity index (χ2v) is 5.18. The number of H-pyrrole nitrogens is 1. The minimum atomic E-state index is -0.605. The lowest BCUT2D eigenvalue weighted by atomic mass is 9.99. The maximum Gasteiger partial charge on any atom is 0.251 e. The molecule has 2 rings (SSSR count). The molecule has 0 aromatic carbocycles. The molecule has 0 saturated heterocycles. The van der Waals surface area contributed by atoms with Crippen molar-refractivity contribution in [1.82, 2.24) is 9.97 Å². The van der Waals surface area contributed by atoms with Crippen molar-refractivity contribution in [1.29, 1.82) is 0 Å². The highest BCUT2D eigenvalue weighted by atomic mass is 32.1. The van der Waals surface area contributed by atoms with Crippen LogP contribution in [0, 0.1) is 0 Å². The van der Waals surface area contributed by atoms with Crippen LogP contribution in [0.5, 0.6) is 0 Å². The third-order valence-electron chi connectivity index (χ3n) is 2.79. The van der Waals surface area contributed by atoms with Crippen LogP contribution in [0.2, 0.25) is 0 Å². The van der Waals surface area contributed by atoms with Crippen LogP contribution in [0.15, 0.2) is 28.4 Å². The molecule has 17 heavy (non-hydrogen) atoms. The van der Waals surface area contributed by atoms with Gasteiger partial charge in [0, 0.05) is 6.07 Å². The van der Waals surface area contributed by atoms with Gasteiger partial charge in [-0.1, -0.05) is 13.0 Å². The summed E-state index contributed by atoms with van der Waals surface area (Å²) in [7, 11) is 0. The second kappa shape index (κ2) is 4.43. The number of hydrogen-bond acceptors (Lipinski definition) is 4. The Morgan fingerprint density at radius 2 is 2.35 bits per heavy atom. The molecule has 2 aromatic rings. The van der Waals surface area contributed by atoms with Gasteiger partial charge in [-0.25, -0.2) is 4.98 Å². The number of aromatic amines is 1. The van der Waals surface area contributed by atoms with Gasteiger partial charge in [-0.3, -0.25) is 4.79 Å². The molecule has 0 saturated carbocycles. The van der Waals surface area contributed by atoms with Gasteiger partial charge in [0.25, 0.3) is 5.56 Å². The van der Waals surface area contributed by atoms with E-state index in [2.05, 4.69) is 9.97 Å². The Morgan fingerprint density at radius 1 is 1.59 bits per heavy atom. The topological polar surface area (TPSA) is 71.8 Å². The third-order valence-corrected chi connectivity index (χ3v) is 3.68. The van der Waals surface area contributed by atoms with E-state index in [0.717, 1.165) is 4.88 Å². The first-order chi connectivity index (χ1) is 8.03. The number of rotatable bonds is 3. The zero-order chi connectivity index (χ0) is 12.5. The summed E-state index contributed by atoms with van der Waals surface area (Å²) in [6, 6.07) is 5.38. The van der Waals surface area contributed by atoms with Crippen LogP contribution in [0.4, 0.5) is 0 Å². The molecule has 4 nitrogen and oxygen atoms in total. The van der Waals surface area contributed by atoms with Crippen molar-refractivity contribution in [2.24, 2.45) is 5.73 Å². The lowest BCUT2D eigenvalue weighted by molar-refractivity contribution is 0.444. The molecule has 0 amide bonds. The summed E-state index contributed by atoms with van der Waals surface area (Å²) in [5, 5.41) is 1.96. The van der Waals surface area contributed by atoms with E-state index in [1.54, 1.807) is 11.3 Å². The van der Waals surface area contributed by atoms with Crippen LogP contribution in [-0.2, 0) is 5.54 Å². The largest absolute Gasteiger partial charge is 0.319 e. The van der Waals surface area contributed by atoms with E-state index < -0.39 is 5.54 Å². The van der Waals surface area contributed by atoms with E-state index in [-0.39, 0.29) is 5.56 Å². The molecule has 0 radical (unpaired) electrons. The first kappa shape index (κ1) is 12.0. The zero-order valence-corrected chi connectivity index (χ0v) is 10.7. The Kier molecular flexibility index (Phi) is 3.13. The van der Waals surface area contributed by atoms with Crippen LogP contribution in [-0.4, -0.2) is 9.97 Å². The van der Waals surface area contributed by atoms with Gasteiger partial charge in [-0.2, -0.15) is 0 Å². The van der Waals surface area contributed by atoms with Crippen molar-refractivity contribution >= 4 is 11.3 Å². The highest BCUT2D eigenvalue weighted by Crippen LogP contribution is 2.23. The monoisotopic (exact) mass is 249 g/mol. The van der Waals surface area contributed by atoms with Crippen molar-refractivity contribution in [3.05, 3.63) is 39.8 Å². The fourth-order valence-corrected chi connectivity index (χ4v) is 2.13. The minimum Gasteiger partial charge on any atom is -0.319 e. The molecule has 0 bridgehead atoms. The van der Waals surface area contributed by atoms with Gasteiger partial charge in [0.15, 0.2) is 0 Å². The minimum absolute atomic E-state index is 0.163. The first-order valence-corrected chi connectivity index (χ1v) is 6.35. The Labute approximate surface area is 104 Å². The molecule has 0 aliphatic heterocycles. The van der Waals surface area contributed by atoms with Gasteiger partial charge in [0.2, 0.25) is 0 Å². The van der Waals surface area contributed by atoms with E-state index in [1.165, 1.54) is 6.07 Å². The van der Waals surface area contributed by atoms with Crippen LogP contribution in [0.3, 0.4) is 0 Å². The summed E-state index contributed by atoms with van der Waals surface area (Å²) in [5.41, 5.74) is 6.02. The Bertz CT molecular complexity index is 557. The second-order valence-electron chi connectivity index (χ2n) is 4.23. The normalized spacial score (nSPS) is 14.5. The highest BCUT2D eigenvalue weighted by Gasteiger charge is 2.22. The predicted octanol–water partition coefficient (Wildman–Crippen LogP) is 2.08. The molecule has 0 aliphatic rings. The summed E-state index contributed by atoms with van der Waals surface area (Å²) in [4.78, 5) is 19.8. The molecule has 0 fully saturated rings. The third kappa shape index (κ3) is 2.45. The van der Waals surface area contributed by atoms with Crippen molar-refractivity contribution in [2.75, 3.05) is 0 Å². The fraction of sp³-hybridized carbons (Fsp3) is 0.333. The Hall–Kier alpha value is -1.46. The summed E-state index contributed by atoms with van der Waals surface area (Å²) in [5.74, 6) is 0.538. The smallest absolute Gasteiger partial charge is 0.251 e. The van der Waals surface area contributed by atoms with Gasteiger partial charge < -0.3 is 10.7 Å². The number of nitrogens with two attached hydrogens (primary N) is 1. The number of nitrogens with zero attached hydrogens (tertiary/aromatic N) is 1. The molecule has 1 unspecified atom stereocenters. The standard InChI is InChI=1S/C12H15N3OS/c1-3-12(2,13)11-14-8(7-10(16)15-11)9-5-4-6-17-9/h4-7H,3,13H2,1-2H3,(H,14,15,16). The average Bonchev–Trinajstić information content (AvgIpc) is 2.81. The Balaban J connectivity index is 2.55. The van der Waals surface area contributed by atoms with Crippen LogP contribution in [0.25, 0.3) is 10.6 Å². The van der Waals surface area contributed by atoms with E-state index in [4.69, 9.17) is 5.73 Å². The molecule has 90 valence electrons. The van der Waals surface area contributed by atoms with Gasteiger partial charge in [0.05, 0.1) is 16.1 Å². The van der Waals surface area contributed by atoms with Crippen molar-refractivity contribution in [3.8, 4) is 10.6 Å². The van der Waals surface area contributed by atoms with E-state index in [0.29, 0.717) is 17.9 Å². The zero-order valence-electron chi connectivity index (χ0n) is 9.86. The van der Waals surface area contributed by atoms with Crippen LogP contribution in [0.1, 0.15) is 26.1 Å². The molecule has 5 heteroatoms. The van der Waals surface area contributed by atoms with Crippen molar-refractivity contribution in [3.63, 3.8) is 0 Å². The number of hydrogen-bond donors (Lipinski definition) is 2. The molecule has 2 aromatic heterocycles. The summed E-state index contributed by atoms with van der Waals surface area (Å²) < 4.78 is 0. The van der Waals surface area contributed by atoms with Crippen molar-refractivity contribution < 1.29 is 0 Å². The van der Waals surface area contributed by atoms with Gasteiger partial charge in [-0.05, 0) is 24.8 Å². The van der Waals surface area contributed by atoms with E-state index in [9.17, 15) is 4.79 Å². The fourth-order valence-electron chi connectivity index (χ4n) is 1.45. The molecule has 3 N–H and O–H groups in total. The molecule has 2 heterocycles. The van der Waals surface area contributed by atoms with Crippen LogP contribution < -0.4 is 11.3 Å². The molecule has 0 aliphatic carbocycles. The maximum absolute atomic E-state index is 11.6. The molecule has 1 atom stereocenters. The summed E-state index contributed by atoms with van der Waals surface area (Å²) >= 11 is 1.56. The molecule has 0 spiro atoms. The molecular formula is C12H15N3OS. The maximum atomic E-state index is 11.6. The number of aromatic nitrogens is 2. The predicted molar refractivity (Wildman–Crippen MR) is 70.0 cm³/mol. The summed E-state index contributed by atoms with van der Waals surface area (Å²) in [6.07, 6.45) is 0.712. The Morgan fingerprint density at radius 3 is 2.94 bits per heavy atom. The first-order valence-electron chi connectivity index (χ1n) is 5.47. The van der Waals surface area contributed by atoms with Gasteiger partial charge in [-0.15, -0.1) is 11.3 Å². The van der Waals surface area contributed by atoms with E-state index >= 15 is 0 Å². The molecular weight excluding hydrogens is 234 g/mol. The quantitative estimate of drug-likeness (QED) is 0.874. The SMILES string of the molecule is CCC(C)(N)c1nc(-c2cccs2)cc(=O)[nH]1. The number of nitrogens with one attached hydrogen (secondary N) is 1. The summed E-state index contributed by atoms with van der Waals surface area (Å²) in [6.45, 7) is 3.83. The lowest BCUT2D eigenvalue weighted by Gasteiger charge is -2.21. The number of thiophene rings is 1. The highest BCUT2D eigenvalue weighted by molar-refractivity contribution is 7.13. The van der Waals surface area contributed by atoms with Gasteiger partial charge >= 0.3 is 0 Å². The van der Waals surface area contributed by atoms with E-state index in [1.807, 2.05) is 31.4 Å². The lowest BCUT2D eigenvalue weighted by Crippen LogP contribution is -2.36.